The van der Waals surface area contributed by atoms with E-state index in [0.29, 0.717) is 6.04 Å². The van der Waals surface area contributed by atoms with Crippen molar-refractivity contribution in [3.05, 3.63) is 24.3 Å². The Morgan fingerprint density at radius 2 is 1.50 bits per heavy atom. The number of hydrogen-bond donors (Lipinski definition) is 2. The lowest BCUT2D eigenvalue weighted by molar-refractivity contribution is -0.118. The number of carbonyl (C=O) groups excluding carboxylic acids is 1. The highest BCUT2D eigenvalue weighted by molar-refractivity contribution is 5.92. The van der Waals surface area contributed by atoms with E-state index in [1.54, 1.807) is 0 Å². The van der Waals surface area contributed by atoms with Crippen LogP contribution in [0.3, 0.4) is 0 Å². The highest BCUT2D eigenvalue weighted by Gasteiger charge is 2.07. The molecule has 1 aromatic rings. The van der Waals surface area contributed by atoms with Crippen LogP contribution in [0.2, 0.25) is 0 Å². The maximum atomic E-state index is 11.6. The number of anilines is 2. The molecule has 0 saturated heterocycles. The van der Waals surface area contributed by atoms with E-state index in [2.05, 4.69) is 31.4 Å². The van der Waals surface area contributed by atoms with Crippen LogP contribution >= 0.6 is 0 Å². The van der Waals surface area contributed by atoms with Gasteiger partial charge in [0.15, 0.2) is 0 Å². The molecule has 2 N–H and O–H groups in total. The average Bonchev–Trinajstić information content (AvgIpc) is 2.38. The van der Waals surface area contributed by atoms with E-state index in [0.717, 1.165) is 17.3 Å². The van der Waals surface area contributed by atoms with Crippen LogP contribution in [-0.4, -0.2) is 11.9 Å². The largest absolute Gasteiger partial charge is 0.383 e. The number of nitrogens with one attached hydrogen (secondary N) is 2. The Morgan fingerprint density at radius 3 is 2.00 bits per heavy atom. The van der Waals surface area contributed by atoms with Crippen LogP contribution in [0.4, 0.5) is 11.4 Å². The minimum Gasteiger partial charge on any atom is -0.383 e. The molecule has 1 rings (SSSR count). The fourth-order valence-electron chi connectivity index (χ4n) is 1.88. The highest BCUT2D eigenvalue weighted by atomic mass is 16.1. The van der Waals surface area contributed by atoms with Gasteiger partial charge in [-0.25, -0.2) is 0 Å². The Balaban J connectivity index is 2.48. The van der Waals surface area contributed by atoms with Gasteiger partial charge >= 0.3 is 0 Å². The minimum absolute atomic E-state index is 0.00357. The Labute approximate surface area is 123 Å². The molecule has 0 radical (unpaired) electrons. The van der Waals surface area contributed by atoms with Crippen molar-refractivity contribution in [2.45, 2.75) is 53.5 Å². The predicted molar refractivity (Wildman–Crippen MR) is 87.1 cm³/mol. The molecule has 0 heterocycles. The first-order valence-electron chi connectivity index (χ1n) is 7.56. The molecule has 1 aromatic carbocycles. The molecule has 3 heteroatoms. The second kappa shape index (κ2) is 7.93. The molecule has 112 valence electrons. The molecule has 0 fully saturated rings. The van der Waals surface area contributed by atoms with Crippen LogP contribution in [0.25, 0.3) is 0 Å². The second-order valence-electron chi connectivity index (χ2n) is 6.24. The number of hydrogen-bond acceptors (Lipinski definition) is 2. The standard InChI is InChI=1S/C17H28N2O/c1-12(2)6-7-14(5)18-15-8-10-16(11-9-15)19-17(20)13(3)4/h8-14,18H,6-7H2,1-5H3,(H,19,20). The first-order valence-corrected chi connectivity index (χ1v) is 7.56. The van der Waals surface area contributed by atoms with Gasteiger partial charge in [-0.2, -0.15) is 0 Å². The second-order valence-corrected chi connectivity index (χ2v) is 6.24. The molecular formula is C17H28N2O. The Kier molecular flexibility index (Phi) is 6.56. The van der Waals surface area contributed by atoms with Gasteiger partial charge in [-0.05, 0) is 49.9 Å². The smallest absolute Gasteiger partial charge is 0.226 e. The number of benzene rings is 1. The minimum atomic E-state index is 0.00357. The zero-order chi connectivity index (χ0) is 15.1. The summed E-state index contributed by atoms with van der Waals surface area (Å²) in [6, 6.07) is 8.38. The molecular weight excluding hydrogens is 248 g/mol. The summed E-state index contributed by atoms with van der Waals surface area (Å²) in [5.41, 5.74) is 1.95. The van der Waals surface area contributed by atoms with Gasteiger partial charge in [-0.15, -0.1) is 0 Å². The zero-order valence-corrected chi connectivity index (χ0v) is 13.4. The van der Waals surface area contributed by atoms with Crippen LogP contribution in [0.5, 0.6) is 0 Å². The summed E-state index contributed by atoms with van der Waals surface area (Å²) in [5.74, 6) is 0.799. The molecule has 1 atom stereocenters. The summed E-state index contributed by atoms with van der Waals surface area (Å²) >= 11 is 0. The van der Waals surface area contributed by atoms with Gasteiger partial charge < -0.3 is 10.6 Å². The third kappa shape index (κ3) is 6.09. The van der Waals surface area contributed by atoms with Crippen molar-refractivity contribution in [1.82, 2.24) is 0 Å². The lowest BCUT2D eigenvalue weighted by Gasteiger charge is -2.17. The van der Waals surface area contributed by atoms with E-state index >= 15 is 0 Å². The highest BCUT2D eigenvalue weighted by Crippen LogP contribution is 2.17. The molecule has 1 unspecified atom stereocenters. The lowest BCUT2D eigenvalue weighted by Crippen LogP contribution is -2.18. The van der Waals surface area contributed by atoms with Crippen LogP contribution in [0.15, 0.2) is 24.3 Å². The van der Waals surface area contributed by atoms with Crippen molar-refractivity contribution in [2.24, 2.45) is 11.8 Å². The summed E-state index contributed by atoms with van der Waals surface area (Å²) in [4.78, 5) is 11.6. The van der Waals surface area contributed by atoms with Crippen LogP contribution in [0, 0.1) is 11.8 Å². The van der Waals surface area contributed by atoms with Gasteiger partial charge in [-0.1, -0.05) is 27.7 Å². The Hall–Kier alpha value is -1.51. The summed E-state index contributed by atoms with van der Waals surface area (Å²) in [7, 11) is 0. The molecule has 0 saturated carbocycles. The summed E-state index contributed by atoms with van der Waals surface area (Å²) < 4.78 is 0. The monoisotopic (exact) mass is 276 g/mol. The SMILES string of the molecule is CC(C)CCC(C)Nc1ccc(NC(=O)C(C)C)cc1. The van der Waals surface area contributed by atoms with E-state index in [4.69, 9.17) is 0 Å². The Bertz CT molecular complexity index is 410. The van der Waals surface area contributed by atoms with Crippen LogP contribution in [0.1, 0.15) is 47.5 Å². The third-order valence-corrected chi connectivity index (χ3v) is 3.27. The van der Waals surface area contributed by atoms with Crippen molar-refractivity contribution in [3.8, 4) is 0 Å². The van der Waals surface area contributed by atoms with Crippen LogP contribution in [-0.2, 0) is 4.79 Å². The number of carbonyl (C=O) groups is 1. The maximum Gasteiger partial charge on any atom is 0.226 e. The summed E-state index contributed by atoms with van der Waals surface area (Å²) in [5, 5.41) is 6.38. The molecule has 0 bridgehead atoms. The molecule has 0 aliphatic rings. The van der Waals surface area contributed by atoms with Crippen molar-refractivity contribution in [1.29, 1.82) is 0 Å². The van der Waals surface area contributed by atoms with Crippen molar-refractivity contribution in [2.75, 3.05) is 10.6 Å². The van der Waals surface area contributed by atoms with Gasteiger partial charge in [0, 0.05) is 23.3 Å². The maximum absolute atomic E-state index is 11.6. The number of rotatable bonds is 7. The molecule has 0 aliphatic carbocycles. The van der Waals surface area contributed by atoms with E-state index in [-0.39, 0.29) is 11.8 Å². The quantitative estimate of drug-likeness (QED) is 0.769. The first-order chi connectivity index (χ1) is 9.38. The van der Waals surface area contributed by atoms with Gasteiger partial charge in [-0.3, -0.25) is 4.79 Å². The topological polar surface area (TPSA) is 41.1 Å². The van der Waals surface area contributed by atoms with Gasteiger partial charge in [0.1, 0.15) is 0 Å². The molecule has 0 aromatic heterocycles. The predicted octanol–water partition coefficient (Wildman–Crippen LogP) is 4.52. The zero-order valence-electron chi connectivity index (χ0n) is 13.4. The van der Waals surface area contributed by atoms with Crippen molar-refractivity contribution < 1.29 is 4.79 Å². The van der Waals surface area contributed by atoms with E-state index < -0.39 is 0 Å². The normalized spacial score (nSPS) is 12.6. The first kappa shape index (κ1) is 16.5. The van der Waals surface area contributed by atoms with Gasteiger partial charge in [0.25, 0.3) is 0 Å². The molecule has 20 heavy (non-hydrogen) atoms. The molecule has 1 amide bonds. The fourth-order valence-corrected chi connectivity index (χ4v) is 1.88. The van der Waals surface area contributed by atoms with E-state index in [1.165, 1.54) is 12.8 Å². The van der Waals surface area contributed by atoms with E-state index in [1.807, 2.05) is 38.1 Å². The van der Waals surface area contributed by atoms with Gasteiger partial charge in [0.05, 0.1) is 0 Å². The number of amides is 1. The average molecular weight is 276 g/mol. The van der Waals surface area contributed by atoms with Crippen molar-refractivity contribution in [3.63, 3.8) is 0 Å². The van der Waals surface area contributed by atoms with Crippen LogP contribution < -0.4 is 10.6 Å². The van der Waals surface area contributed by atoms with E-state index in [9.17, 15) is 4.79 Å². The summed E-state index contributed by atoms with van der Waals surface area (Å²) in [6.45, 7) is 10.5. The van der Waals surface area contributed by atoms with Gasteiger partial charge in [0.2, 0.25) is 5.91 Å². The lowest BCUT2D eigenvalue weighted by atomic mass is 10.0. The molecule has 3 nitrogen and oxygen atoms in total. The fraction of sp³-hybridized carbons (Fsp3) is 0.588. The third-order valence-electron chi connectivity index (χ3n) is 3.27. The molecule has 0 aliphatic heterocycles. The molecule has 0 spiro atoms. The summed E-state index contributed by atoms with van der Waals surface area (Å²) in [6.07, 6.45) is 2.40. The van der Waals surface area contributed by atoms with Crippen molar-refractivity contribution >= 4 is 17.3 Å². The Morgan fingerprint density at radius 1 is 0.950 bits per heavy atom.